The summed E-state index contributed by atoms with van der Waals surface area (Å²) in [6.07, 6.45) is 5.45. The Labute approximate surface area is 65.9 Å². The van der Waals surface area contributed by atoms with Gasteiger partial charge < -0.3 is 5.32 Å². The molecule has 11 heavy (non-hydrogen) atoms. The quantitative estimate of drug-likeness (QED) is 0.599. The van der Waals surface area contributed by atoms with Gasteiger partial charge in [-0.2, -0.15) is 0 Å². The van der Waals surface area contributed by atoms with Crippen LogP contribution in [0.3, 0.4) is 0 Å². The van der Waals surface area contributed by atoms with Gasteiger partial charge in [-0.15, -0.1) is 10.2 Å². The highest BCUT2D eigenvalue weighted by Gasteiger charge is 2.01. The molecule has 0 spiro atoms. The molecule has 0 saturated carbocycles. The van der Waals surface area contributed by atoms with Crippen LogP contribution in [0.5, 0.6) is 0 Å². The molecule has 4 nitrogen and oxygen atoms in total. The molecule has 0 bridgehead atoms. The van der Waals surface area contributed by atoms with E-state index in [9.17, 15) is 0 Å². The standard InChI is InChI=1S/C5H6N4.C2H6/c1-2-9-4-7-8-5(9)3-6-1;1-2/h1-2,4,6H,3H2;1-2H3. The van der Waals surface area contributed by atoms with E-state index in [1.165, 1.54) is 0 Å². The van der Waals surface area contributed by atoms with Gasteiger partial charge in [0.15, 0.2) is 5.82 Å². The van der Waals surface area contributed by atoms with Crippen LogP contribution in [-0.2, 0) is 6.54 Å². The number of nitrogens with one attached hydrogen (secondary N) is 1. The molecule has 2 rings (SSSR count). The van der Waals surface area contributed by atoms with Gasteiger partial charge in [-0.3, -0.25) is 4.57 Å². The Morgan fingerprint density at radius 3 is 3.09 bits per heavy atom. The normalized spacial score (nSPS) is 12.5. The van der Waals surface area contributed by atoms with Gasteiger partial charge in [0.25, 0.3) is 0 Å². The minimum absolute atomic E-state index is 0.774. The summed E-state index contributed by atoms with van der Waals surface area (Å²) in [5.74, 6) is 0.956. The number of nitrogens with zero attached hydrogens (tertiary/aromatic N) is 3. The van der Waals surface area contributed by atoms with Crippen molar-refractivity contribution in [3.8, 4) is 0 Å². The Bertz CT molecular complexity index is 238. The molecule has 1 N–H and O–H groups in total. The molecule has 1 aliphatic rings. The average molecular weight is 152 g/mol. The van der Waals surface area contributed by atoms with E-state index in [-0.39, 0.29) is 0 Å². The first-order valence-corrected chi connectivity index (χ1v) is 3.75. The fraction of sp³-hybridized carbons (Fsp3) is 0.429. The third-order valence-corrected chi connectivity index (χ3v) is 1.26. The Morgan fingerprint density at radius 1 is 1.55 bits per heavy atom. The van der Waals surface area contributed by atoms with Gasteiger partial charge >= 0.3 is 0 Å². The smallest absolute Gasteiger partial charge is 0.156 e. The van der Waals surface area contributed by atoms with Gasteiger partial charge in [0, 0.05) is 12.4 Å². The van der Waals surface area contributed by atoms with E-state index in [1.54, 1.807) is 6.33 Å². The number of rotatable bonds is 0. The third kappa shape index (κ3) is 1.58. The molecule has 0 saturated heterocycles. The summed E-state index contributed by atoms with van der Waals surface area (Å²) in [4.78, 5) is 0. The summed E-state index contributed by atoms with van der Waals surface area (Å²) in [7, 11) is 0. The SMILES string of the molecule is C1=Cn2cnnc2CN1.CC. The molecule has 1 aromatic rings. The molecule has 0 amide bonds. The van der Waals surface area contributed by atoms with E-state index in [2.05, 4.69) is 15.5 Å². The fourth-order valence-corrected chi connectivity index (χ4v) is 0.801. The zero-order valence-corrected chi connectivity index (χ0v) is 6.78. The molecular weight excluding hydrogens is 140 g/mol. The van der Waals surface area contributed by atoms with E-state index in [0.717, 1.165) is 12.4 Å². The molecule has 0 aromatic carbocycles. The van der Waals surface area contributed by atoms with Crippen LogP contribution in [0.15, 0.2) is 12.5 Å². The Balaban J connectivity index is 0.000000281. The summed E-state index contributed by atoms with van der Waals surface area (Å²) in [6, 6.07) is 0. The molecule has 0 unspecified atom stereocenters. The summed E-state index contributed by atoms with van der Waals surface area (Å²) in [5, 5.41) is 10.6. The minimum Gasteiger partial charge on any atom is -0.382 e. The second-order valence-electron chi connectivity index (χ2n) is 1.85. The molecular formula is C7H12N4. The van der Waals surface area contributed by atoms with Crippen molar-refractivity contribution in [3.63, 3.8) is 0 Å². The van der Waals surface area contributed by atoms with E-state index in [1.807, 2.05) is 30.8 Å². The third-order valence-electron chi connectivity index (χ3n) is 1.26. The summed E-state index contributed by atoms with van der Waals surface area (Å²) in [5.41, 5.74) is 0. The van der Waals surface area contributed by atoms with Crippen LogP contribution in [-0.4, -0.2) is 14.8 Å². The zero-order valence-electron chi connectivity index (χ0n) is 6.78. The van der Waals surface area contributed by atoms with Crippen molar-refractivity contribution in [2.24, 2.45) is 0 Å². The summed E-state index contributed by atoms with van der Waals surface area (Å²) < 4.78 is 1.89. The van der Waals surface area contributed by atoms with Crippen molar-refractivity contribution in [1.82, 2.24) is 20.1 Å². The Morgan fingerprint density at radius 2 is 2.36 bits per heavy atom. The number of hydrogen-bond acceptors (Lipinski definition) is 3. The highest BCUT2D eigenvalue weighted by atomic mass is 15.3. The topological polar surface area (TPSA) is 42.7 Å². The highest BCUT2D eigenvalue weighted by molar-refractivity contribution is 5.25. The van der Waals surface area contributed by atoms with Gasteiger partial charge in [0.1, 0.15) is 6.33 Å². The first-order chi connectivity index (χ1) is 5.47. The molecule has 60 valence electrons. The van der Waals surface area contributed by atoms with Gasteiger partial charge in [0.2, 0.25) is 0 Å². The van der Waals surface area contributed by atoms with Gasteiger partial charge in [-0.25, -0.2) is 0 Å². The second-order valence-corrected chi connectivity index (χ2v) is 1.85. The molecule has 2 heterocycles. The van der Waals surface area contributed by atoms with E-state index in [0.29, 0.717) is 0 Å². The predicted octanol–water partition coefficient (Wildman–Crippen LogP) is 0.836. The van der Waals surface area contributed by atoms with Crippen LogP contribution >= 0.6 is 0 Å². The minimum atomic E-state index is 0.774. The van der Waals surface area contributed by atoms with Crippen LogP contribution in [0.25, 0.3) is 6.20 Å². The molecule has 0 radical (unpaired) electrons. The maximum atomic E-state index is 3.86. The average Bonchev–Trinajstić information content (AvgIpc) is 2.55. The maximum absolute atomic E-state index is 3.86. The van der Waals surface area contributed by atoms with Gasteiger partial charge in [-0.05, 0) is 0 Å². The molecule has 4 heteroatoms. The monoisotopic (exact) mass is 152 g/mol. The highest BCUT2D eigenvalue weighted by Crippen LogP contribution is 1.98. The van der Waals surface area contributed by atoms with Gasteiger partial charge in [0.05, 0.1) is 6.54 Å². The predicted molar refractivity (Wildman–Crippen MR) is 43.5 cm³/mol. The molecule has 0 fully saturated rings. The van der Waals surface area contributed by atoms with Crippen molar-refractivity contribution in [2.45, 2.75) is 20.4 Å². The van der Waals surface area contributed by atoms with E-state index in [4.69, 9.17) is 0 Å². The Kier molecular flexibility index (Phi) is 2.66. The van der Waals surface area contributed by atoms with Crippen molar-refractivity contribution >= 4 is 6.20 Å². The van der Waals surface area contributed by atoms with E-state index < -0.39 is 0 Å². The lowest BCUT2D eigenvalue weighted by molar-refractivity contribution is 0.754. The van der Waals surface area contributed by atoms with Crippen LogP contribution in [0, 0.1) is 0 Å². The maximum Gasteiger partial charge on any atom is 0.156 e. The van der Waals surface area contributed by atoms with Crippen LogP contribution in [0.4, 0.5) is 0 Å². The number of hydrogen-bond donors (Lipinski definition) is 1. The zero-order chi connectivity index (χ0) is 8.10. The van der Waals surface area contributed by atoms with Crippen LogP contribution in [0.2, 0.25) is 0 Å². The first-order valence-electron chi connectivity index (χ1n) is 3.75. The van der Waals surface area contributed by atoms with Crippen molar-refractivity contribution < 1.29 is 0 Å². The van der Waals surface area contributed by atoms with Crippen molar-refractivity contribution in [3.05, 3.63) is 18.4 Å². The number of aromatic nitrogens is 3. The molecule has 1 aliphatic heterocycles. The summed E-state index contributed by atoms with van der Waals surface area (Å²) >= 11 is 0. The number of fused-ring (bicyclic) bond motifs is 1. The largest absolute Gasteiger partial charge is 0.382 e. The lowest BCUT2D eigenvalue weighted by Gasteiger charge is -2.05. The molecule has 0 atom stereocenters. The lowest BCUT2D eigenvalue weighted by atomic mass is 10.5. The fourth-order valence-electron chi connectivity index (χ4n) is 0.801. The van der Waals surface area contributed by atoms with Crippen LogP contribution < -0.4 is 5.32 Å². The first kappa shape index (κ1) is 7.78. The molecule has 0 aliphatic carbocycles. The van der Waals surface area contributed by atoms with Crippen molar-refractivity contribution in [1.29, 1.82) is 0 Å². The van der Waals surface area contributed by atoms with Crippen LogP contribution in [0.1, 0.15) is 19.7 Å². The lowest BCUT2D eigenvalue weighted by Crippen LogP contribution is -2.13. The summed E-state index contributed by atoms with van der Waals surface area (Å²) in [6.45, 7) is 4.77. The second kappa shape index (κ2) is 3.75. The van der Waals surface area contributed by atoms with Crippen molar-refractivity contribution in [2.75, 3.05) is 0 Å². The van der Waals surface area contributed by atoms with E-state index >= 15 is 0 Å². The Hall–Kier alpha value is -1.32. The molecule has 1 aromatic heterocycles. The van der Waals surface area contributed by atoms with Gasteiger partial charge in [-0.1, -0.05) is 13.8 Å².